The quantitative estimate of drug-likeness (QED) is 0.900. The Kier molecular flexibility index (Phi) is 5.69. The Morgan fingerprint density at radius 2 is 2.33 bits per heavy atom. The fourth-order valence-corrected chi connectivity index (χ4v) is 2.74. The van der Waals surface area contributed by atoms with E-state index in [0.717, 1.165) is 36.1 Å². The van der Waals surface area contributed by atoms with Crippen LogP contribution in [0.5, 0.6) is 0 Å². The fraction of sp³-hybridized carbons (Fsp3) is 0.583. The van der Waals surface area contributed by atoms with E-state index in [-0.39, 0.29) is 24.4 Å². The molecule has 1 aromatic rings. The molecule has 2 rings (SSSR count). The highest BCUT2D eigenvalue weighted by Crippen LogP contribution is 2.18. The van der Waals surface area contributed by atoms with Crippen molar-refractivity contribution in [1.82, 2.24) is 9.47 Å². The summed E-state index contributed by atoms with van der Waals surface area (Å²) >= 11 is 3.41. The summed E-state index contributed by atoms with van der Waals surface area (Å²) in [6.07, 6.45) is 3.96. The van der Waals surface area contributed by atoms with Crippen LogP contribution in [0.4, 0.5) is 0 Å². The average molecular weight is 337 g/mol. The molecule has 0 aromatic carbocycles. The maximum Gasteiger partial charge on any atom is 0.270 e. The van der Waals surface area contributed by atoms with Crippen molar-refractivity contribution in [3.63, 3.8) is 0 Å². The summed E-state index contributed by atoms with van der Waals surface area (Å²) in [6.45, 7) is 4.32. The standard InChI is InChI=1S/C12H18BrN3O.ClH/c1-2-15-7-9(13)6-11(15)12(17)16-5-3-4-10(14)8-16;/h6-7,10H,2-5,8,14H2,1H3;1H/t10-;/m1./s1. The lowest BCUT2D eigenvalue weighted by Gasteiger charge is -2.30. The predicted octanol–water partition coefficient (Wildman–Crippen LogP) is 2.26. The van der Waals surface area contributed by atoms with Gasteiger partial charge in [0.05, 0.1) is 0 Å². The number of rotatable bonds is 2. The van der Waals surface area contributed by atoms with Crippen molar-refractivity contribution in [2.75, 3.05) is 13.1 Å². The topological polar surface area (TPSA) is 51.3 Å². The van der Waals surface area contributed by atoms with E-state index in [0.29, 0.717) is 6.54 Å². The molecule has 18 heavy (non-hydrogen) atoms. The highest BCUT2D eigenvalue weighted by Gasteiger charge is 2.24. The van der Waals surface area contributed by atoms with Crippen LogP contribution in [0.15, 0.2) is 16.7 Å². The van der Waals surface area contributed by atoms with Crippen molar-refractivity contribution in [1.29, 1.82) is 0 Å². The van der Waals surface area contributed by atoms with Crippen LogP contribution in [0.3, 0.4) is 0 Å². The molecule has 1 atom stereocenters. The van der Waals surface area contributed by atoms with E-state index in [2.05, 4.69) is 15.9 Å². The van der Waals surface area contributed by atoms with E-state index in [1.54, 1.807) is 0 Å². The maximum absolute atomic E-state index is 12.4. The second-order valence-electron chi connectivity index (χ2n) is 4.48. The van der Waals surface area contributed by atoms with Gasteiger partial charge in [-0.25, -0.2) is 0 Å². The summed E-state index contributed by atoms with van der Waals surface area (Å²) in [5.41, 5.74) is 6.65. The molecule has 1 aliphatic heterocycles. The first-order valence-corrected chi connectivity index (χ1v) is 6.81. The third-order valence-electron chi connectivity index (χ3n) is 3.17. The van der Waals surface area contributed by atoms with Gasteiger partial charge >= 0.3 is 0 Å². The van der Waals surface area contributed by atoms with E-state index in [4.69, 9.17) is 5.73 Å². The number of aromatic nitrogens is 1. The van der Waals surface area contributed by atoms with Crippen molar-refractivity contribution < 1.29 is 4.79 Å². The Morgan fingerprint density at radius 1 is 1.61 bits per heavy atom. The molecular weight excluding hydrogens is 318 g/mol. The van der Waals surface area contributed by atoms with Gasteiger partial charge in [0, 0.05) is 36.3 Å². The van der Waals surface area contributed by atoms with Crippen molar-refractivity contribution in [3.05, 3.63) is 22.4 Å². The van der Waals surface area contributed by atoms with Gasteiger partial charge in [0.1, 0.15) is 5.69 Å². The zero-order valence-electron chi connectivity index (χ0n) is 10.4. The fourth-order valence-electron chi connectivity index (χ4n) is 2.27. The second-order valence-corrected chi connectivity index (χ2v) is 5.40. The molecule has 0 spiro atoms. The maximum atomic E-state index is 12.4. The summed E-state index contributed by atoms with van der Waals surface area (Å²) in [4.78, 5) is 14.2. The van der Waals surface area contributed by atoms with E-state index < -0.39 is 0 Å². The van der Waals surface area contributed by atoms with Crippen LogP contribution < -0.4 is 5.73 Å². The molecule has 4 nitrogen and oxygen atoms in total. The molecule has 1 saturated heterocycles. The molecule has 1 fully saturated rings. The molecular formula is C12H19BrClN3O. The van der Waals surface area contributed by atoms with E-state index in [1.165, 1.54) is 0 Å². The molecule has 1 aliphatic rings. The highest BCUT2D eigenvalue weighted by molar-refractivity contribution is 9.10. The van der Waals surface area contributed by atoms with Gasteiger partial charge in [-0.05, 0) is 41.8 Å². The van der Waals surface area contributed by atoms with Gasteiger partial charge in [-0.15, -0.1) is 12.4 Å². The van der Waals surface area contributed by atoms with Crippen molar-refractivity contribution in [2.45, 2.75) is 32.4 Å². The number of aryl methyl sites for hydroxylation is 1. The minimum Gasteiger partial charge on any atom is -0.343 e. The van der Waals surface area contributed by atoms with Crippen LogP contribution in [0.1, 0.15) is 30.3 Å². The molecule has 0 aliphatic carbocycles. The number of amides is 1. The summed E-state index contributed by atoms with van der Waals surface area (Å²) in [5.74, 6) is 0.0905. The number of likely N-dealkylation sites (tertiary alicyclic amines) is 1. The molecule has 2 heterocycles. The lowest BCUT2D eigenvalue weighted by atomic mass is 10.1. The van der Waals surface area contributed by atoms with Crippen LogP contribution in [-0.4, -0.2) is 34.5 Å². The molecule has 1 aromatic heterocycles. The first kappa shape index (κ1) is 15.5. The molecule has 102 valence electrons. The van der Waals surface area contributed by atoms with Crippen molar-refractivity contribution in [3.8, 4) is 0 Å². The van der Waals surface area contributed by atoms with E-state index in [1.807, 2.05) is 28.7 Å². The molecule has 1 amide bonds. The normalized spacial score (nSPS) is 19.5. The van der Waals surface area contributed by atoms with Gasteiger partial charge in [0.15, 0.2) is 0 Å². The van der Waals surface area contributed by atoms with Crippen LogP contribution in [0, 0.1) is 0 Å². The SMILES string of the molecule is CCn1cc(Br)cc1C(=O)N1CCC[C@@H](N)C1.Cl. The minimum atomic E-state index is 0. The number of nitrogens with two attached hydrogens (primary N) is 1. The third-order valence-corrected chi connectivity index (χ3v) is 3.60. The number of carbonyl (C=O) groups excluding carboxylic acids is 1. The molecule has 0 unspecified atom stereocenters. The predicted molar refractivity (Wildman–Crippen MR) is 78.2 cm³/mol. The van der Waals surface area contributed by atoms with Crippen LogP contribution >= 0.6 is 28.3 Å². The lowest BCUT2D eigenvalue weighted by Crippen LogP contribution is -2.46. The molecule has 0 saturated carbocycles. The second kappa shape index (κ2) is 6.59. The Balaban J connectivity index is 0.00000162. The van der Waals surface area contributed by atoms with Crippen LogP contribution in [0.2, 0.25) is 0 Å². The van der Waals surface area contributed by atoms with Crippen LogP contribution in [-0.2, 0) is 6.54 Å². The van der Waals surface area contributed by atoms with E-state index in [9.17, 15) is 4.79 Å². The smallest absolute Gasteiger partial charge is 0.270 e. The first-order valence-electron chi connectivity index (χ1n) is 6.02. The van der Waals surface area contributed by atoms with Gasteiger partial charge in [-0.2, -0.15) is 0 Å². The summed E-state index contributed by atoms with van der Waals surface area (Å²) in [7, 11) is 0. The van der Waals surface area contributed by atoms with E-state index >= 15 is 0 Å². The molecule has 6 heteroatoms. The Bertz CT molecular complexity index is 421. The van der Waals surface area contributed by atoms with Gasteiger partial charge in [0.2, 0.25) is 0 Å². The number of carbonyl (C=O) groups is 1. The van der Waals surface area contributed by atoms with Crippen molar-refractivity contribution >= 4 is 34.2 Å². The van der Waals surface area contributed by atoms with Crippen molar-refractivity contribution in [2.24, 2.45) is 5.73 Å². The zero-order chi connectivity index (χ0) is 12.4. The Labute approximate surface area is 122 Å². The van der Waals surface area contributed by atoms with Gasteiger partial charge in [-0.1, -0.05) is 0 Å². The Morgan fingerprint density at radius 3 is 2.94 bits per heavy atom. The number of piperidine rings is 1. The Hall–Kier alpha value is -0.520. The van der Waals surface area contributed by atoms with Crippen LogP contribution in [0.25, 0.3) is 0 Å². The van der Waals surface area contributed by atoms with Gasteiger partial charge in [-0.3, -0.25) is 4.79 Å². The largest absolute Gasteiger partial charge is 0.343 e. The number of hydrogen-bond donors (Lipinski definition) is 1. The molecule has 2 N–H and O–H groups in total. The minimum absolute atomic E-state index is 0. The van der Waals surface area contributed by atoms with Gasteiger partial charge < -0.3 is 15.2 Å². The van der Waals surface area contributed by atoms with Gasteiger partial charge in [0.25, 0.3) is 5.91 Å². The highest BCUT2D eigenvalue weighted by atomic mass is 79.9. The third kappa shape index (κ3) is 3.28. The molecule has 0 radical (unpaired) electrons. The average Bonchev–Trinajstić information content (AvgIpc) is 2.69. The summed E-state index contributed by atoms with van der Waals surface area (Å²) < 4.78 is 2.91. The summed E-state index contributed by atoms with van der Waals surface area (Å²) in [5, 5.41) is 0. The lowest BCUT2D eigenvalue weighted by molar-refractivity contribution is 0.0698. The number of nitrogens with zero attached hydrogens (tertiary/aromatic N) is 2. The summed E-state index contributed by atoms with van der Waals surface area (Å²) in [6, 6.07) is 2.01. The first-order chi connectivity index (χ1) is 8.11. The number of hydrogen-bond acceptors (Lipinski definition) is 2. The number of halogens is 2. The molecule has 0 bridgehead atoms. The zero-order valence-corrected chi connectivity index (χ0v) is 12.8. The monoisotopic (exact) mass is 335 g/mol.